The molecule has 0 bridgehead atoms. The van der Waals surface area contributed by atoms with Gasteiger partial charge in [0.15, 0.2) is 0 Å². The summed E-state index contributed by atoms with van der Waals surface area (Å²) in [6.07, 6.45) is 2.64. The van der Waals surface area contributed by atoms with Crippen LogP contribution >= 0.6 is 0 Å². The van der Waals surface area contributed by atoms with E-state index in [0.717, 1.165) is 5.82 Å². The van der Waals surface area contributed by atoms with E-state index in [1.807, 2.05) is 4.90 Å². The summed E-state index contributed by atoms with van der Waals surface area (Å²) < 4.78 is 5.20. The van der Waals surface area contributed by atoms with Crippen molar-refractivity contribution < 1.29 is 19.1 Å². The molecule has 1 aliphatic rings. The van der Waals surface area contributed by atoms with Gasteiger partial charge >= 0.3 is 23.8 Å². The Labute approximate surface area is 161 Å². The van der Waals surface area contributed by atoms with Crippen molar-refractivity contribution in [3.63, 3.8) is 0 Å². The van der Waals surface area contributed by atoms with E-state index >= 15 is 0 Å². The van der Waals surface area contributed by atoms with Crippen LogP contribution in [-0.2, 0) is 4.79 Å². The highest BCUT2D eigenvalue weighted by Gasteiger charge is 2.37. The van der Waals surface area contributed by atoms with Gasteiger partial charge in [0.25, 0.3) is 0 Å². The predicted molar refractivity (Wildman–Crippen MR) is 102 cm³/mol. The third-order valence-corrected chi connectivity index (χ3v) is 4.65. The normalized spacial score (nSPS) is 15.7. The Hall–Kier alpha value is -3.43. The second kappa shape index (κ2) is 7.67. The van der Waals surface area contributed by atoms with Crippen LogP contribution in [0, 0.1) is 5.41 Å². The second-order valence-electron chi connectivity index (χ2n) is 7.03. The minimum Gasteiger partial charge on any atom is -0.481 e. The first-order valence-corrected chi connectivity index (χ1v) is 8.79. The number of amides is 1. The van der Waals surface area contributed by atoms with E-state index in [9.17, 15) is 14.7 Å². The van der Waals surface area contributed by atoms with Gasteiger partial charge in [-0.25, -0.2) is 4.98 Å². The van der Waals surface area contributed by atoms with Gasteiger partial charge in [-0.15, -0.1) is 5.10 Å². The summed E-state index contributed by atoms with van der Waals surface area (Å²) in [6.45, 7) is 8.38. The minimum absolute atomic E-state index is 0.0876. The van der Waals surface area contributed by atoms with Crippen LogP contribution in [0.5, 0.6) is 0 Å². The van der Waals surface area contributed by atoms with E-state index < -0.39 is 17.3 Å². The number of hydrogen-bond donors (Lipinski definition) is 3. The Kier molecular flexibility index (Phi) is 5.30. The number of aromatic nitrogens is 3. The predicted octanol–water partition coefficient (Wildman–Crippen LogP) is 2.35. The number of hydrogen-bond acceptors (Lipinski definition) is 8. The molecule has 2 aromatic heterocycles. The van der Waals surface area contributed by atoms with E-state index in [0.29, 0.717) is 37.3 Å². The van der Waals surface area contributed by atoms with Gasteiger partial charge in [-0.1, -0.05) is 11.7 Å². The standard InChI is InChI=1S/C18H22N6O4/c1-11(2)20-17-23-22-15(28-17)14(25)21-12-4-5-13(19-10-12)24-8-6-18(3,7-9-24)16(26)27/h4-5,10H,1,6-9H2,2-3H3,(H,20,23)(H,21,25)(H,26,27). The lowest BCUT2D eigenvalue weighted by atomic mass is 9.80. The summed E-state index contributed by atoms with van der Waals surface area (Å²) in [5, 5.41) is 22.1. The van der Waals surface area contributed by atoms with Gasteiger partial charge in [0.1, 0.15) is 5.82 Å². The Morgan fingerprint density at radius 3 is 2.54 bits per heavy atom. The number of carboxylic acids is 1. The Morgan fingerprint density at radius 1 is 1.25 bits per heavy atom. The molecule has 3 heterocycles. The number of carbonyl (C=O) groups excluding carboxylic acids is 1. The molecule has 2 aromatic rings. The zero-order valence-corrected chi connectivity index (χ0v) is 15.7. The molecule has 0 aliphatic carbocycles. The third-order valence-electron chi connectivity index (χ3n) is 4.65. The Balaban J connectivity index is 1.59. The lowest BCUT2D eigenvalue weighted by Crippen LogP contribution is -2.43. The topological polar surface area (TPSA) is 133 Å². The second-order valence-corrected chi connectivity index (χ2v) is 7.03. The van der Waals surface area contributed by atoms with Crippen molar-refractivity contribution in [3.8, 4) is 0 Å². The summed E-state index contributed by atoms with van der Waals surface area (Å²) in [5.74, 6) is -0.763. The van der Waals surface area contributed by atoms with Gasteiger partial charge in [-0.2, -0.15) is 0 Å². The van der Waals surface area contributed by atoms with Crippen molar-refractivity contribution in [2.75, 3.05) is 28.6 Å². The van der Waals surface area contributed by atoms with Gasteiger partial charge in [0.2, 0.25) is 0 Å². The summed E-state index contributed by atoms with van der Waals surface area (Å²) in [7, 11) is 0. The van der Waals surface area contributed by atoms with Gasteiger partial charge in [-0.3, -0.25) is 9.59 Å². The van der Waals surface area contributed by atoms with Crippen LogP contribution in [0.3, 0.4) is 0 Å². The molecule has 1 amide bonds. The van der Waals surface area contributed by atoms with Crippen molar-refractivity contribution in [3.05, 3.63) is 36.5 Å². The quantitative estimate of drug-likeness (QED) is 0.684. The van der Waals surface area contributed by atoms with E-state index in [4.69, 9.17) is 4.42 Å². The number of carbonyl (C=O) groups is 2. The van der Waals surface area contributed by atoms with Gasteiger partial charge in [-0.05, 0) is 38.8 Å². The molecule has 3 rings (SSSR count). The van der Waals surface area contributed by atoms with E-state index in [-0.39, 0.29) is 11.9 Å². The Bertz CT molecular complexity index is 884. The third kappa shape index (κ3) is 4.27. The molecule has 28 heavy (non-hydrogen) atoms. The SMILES string of the molecule is C=C(C)Nc1nnc(C(=O)Nc2ccc(N3CCC(C)(C(=O)O)CC3)nc2)o1. The summed E-state index contributed by atoms with van der Waals surface area (Å²) in [5.41, 5.74) is 0.400. The summed E-state index contributed by atoms with van der Waals surface area (Å²) in [4.78, 5) is 29.9. The maximum Gasteiger partial charge on any atom is 0.320 e. The molecule has 10 heteroatoms. The number of carboxylic acid groups (broad SMARTS) is 1. The zero-order valence-electron chi connectivity index (χ0n) is 15.7. The zero-order chi connectivity index (χ0) is 20.3. The van der Waals surface area contributed by atoms with Crippen LogP contribution in [0.15, 0.2) is 35.0 Å². The molecule has 0 aromatic carbocycles. The number of allylic oxidation sites excluding steroid dienone is 1. The van der Waals surface area contributed by atoms with Crippen LogP contribution in [-0.4, -0.2) is 45.3 Å². The molecule has 0 unspecified atom stereocenters. The number of piperidine rings is 1. The van der Waals surface area contributed by atoms with Crippen LogP contribution in [0.25, 0.3) is 0 Å². The largest absolute Gasteiger partial charge is 0.481 e. The van der Waals surface area contributed by atoms with Gasteiger partial charge < -0.3 is 25.1 Å². The fraction of sp³-hybridized carbons (Fsp3) is 0.389. The fourth-order valence-corrected chi connectivity index (χ4v) is 2.82. The molecule has 148 valence electrons. The number of anilines is 3. The van der Waals surface area contributed by atoms with Crippen LogP contribution < -0.4 is 15.5 Å². The molecule has 1 aliphatic heterocycles. The van der Waals surface area contributed by atoms with Crippen molar-refractivity contribution in [2.45, 2.75) is 26.7 Å². The fourth-order valence-electron chi connectivity index (χ4n) is 2.82. The average molecular weight is 386 g/mol. The van der Waals surface area contributed by atoms with Crippen LogP contribution in [0.4, 0.5) is 17.5 Å². The molecule has 1 fully saturated rings. The van der Waals surface area contributed by atoms with Gasteiger partial charge in [0.05, 0.1) is 17.3 Å². The summed E-state index contributed by atoms with van der Waals surface area (Å²) in [6, 6.07) is 3.58. The maximum atomic E-state index is 12.2. The number of pyridine rings is 1. The van der Waals surface area contributed by atoms with Crippen molar-refractivity contribution in [1.29, 1.82) is 0 Å². The monoisotopic (exact) mass is 386 g/mol. The molecule has 1 saturated heterocycles. The molecular formula is C18H22N6O4. The first kappa shape index (κ1) is 19.3. The Morgan fingerprint density at radius 2 is 1.96 bits per heavy atom. The highest BCUT2D eigenvalue weighted by molar-refractivity contribution is 6.00. The van der Waals surface area contributed by atoms with Crippen molar-refractivity contribution in [1.82, 2.24) is 15.2 Å². The van der Waals surface area contributed by atoms with Gasteiger partial charge in [0, 0.05) is 18.8 Å². The molecule has 0 saturated carbocycles. The molecule has 0 spiro atoms. The van der Waals surface area contributed by atoms with E-state index in [1.165, 1.54) is 6.20 Å². The smallest absolute Gasteiger partial charge is 0.320 e. The van der Waals surface area contributed by atoms with Crippen LogP contribution in [0.2, 0.25) is 0 Å². The molecule has 3 N–H and O–H groups in total. The summed E-state index contributed by atoms with van der Waals surface area (Å²) >= 11 is 0. The highest BCUT2D eigenvalue weighted by Crippen LogP contribution is 2.32. The lowest BCUT2D eigenvalue weighted by molar-refractivity contribution is -0.149. The highest BCUT2D eigenvalue weighted by atomic mass is 16.4. The minimum atomic E-state index is -0.763. The average Bonchev–Trinajstić information content (AvgIpc) is 3.11. The molecule has 10 nitrogen and oxygen atoms in total. The van der Waals surface area contributed by atoms with Crippen molar-refractivity contribution >= 4 is 29.4 Å². The van der Waals surface area contributed by atoms with Crippen molar-refractivity contribution in [2.24, 2.45) is 5.41 Å². The number of aliphatic carboxylic acids is 1. The molecule has 0 radical (unpaired) electrons. The first-order valence-electron chi connectivity index (χ1n) is 8.79. The first-order chi connectivity index (χ1) is 13.3. The lowest BCUT2D eigenvalue weighted by Gasteiger charge is -2.37. The van der Waals surface area contributed by atoms with E-state index in [2.05, 4.69) is 32.4 Å². The number of nitrogens with one attached hydrogen (secondary N) is 2. The van der Waals surface area contributed by atoms with E-state index in [1.54, 1.807) is 26.0 Å². The van der Waals surface area contributed by atoms with Crippen LogP contribution in [0.1, 0.15) is 37.4 Å². The number of nitrogens with zero attached hydrogens (tertiary/aromatic N) is 4. The molecule has 0 atom stereocenters. The maximum absolute atomic E-state index is 12.2. The molecular weight excluding hydrogens is 364 g/mol. The number of rotatable bonds is 6.